The summed E-state index contributed by atoms with van der Waals surface area (Å²) in [5.74, 6) is 0. The summed E-state index contributed by atoms with van der Waals surface area (Å²) in [4.78, 5) is 0. The van der Waals surface area contributed by atoms with Crippen molar-refractivity contribution in [1.29, 1.82) is 0 Å². The Balaban J connectivity index is 2.99. The highest BCUT2D eigenvalue weighted by Crippen LogP contribution is 2.11. The van der Waals surface area contributed by atoms with Crippen LogP contribution in [0.5, 0.6) is 0 Å². The van der Waals surface area contributed by atoms with Gasteiger partial charge in [-0.05, 0) is 12.8 Å². The topological polar surface area (TPSA) is 0 Å². The average molecular weight is 255 g/mol. The number of hydrogen-bond acceptors (Lipinski definition) is 0. The standard InChI is InChI=1S/C16H34Si/c1-4-5-6-7-8-9-10-11-12-13-14-15-16-17(2)3/h15-17H,4-14H2,1-3H3/b16-15+. The molecule has 0 bridgehead atoms. The van der Waals surface area contributed by atoms with Crippen molar-refractivity contribution in [2.24, 2.45) is 0 Å². The van der Waals surface area contributed by atoms with Crippen molar-refractivity contribution in [2.75, 3.05) is 0 Å². The van der Waals surface area contributed by atoms with Gasteiger partial charge in [0.05, 0.1) is 8.80 Å². The molecule has 0 saturated carbocycles. The lowest BCUT2D eigenvalue weighted by Gasteiger charge is -2.01. The van der Waals surface area contributed by atoms with Crippen molar-refractivity contribution in [3.8, 4) is 0 Å². The van der Waals surface area contributed by atoms with Gasteiger partial charge in [0.1, 0.15) is 0 Å². The molecular weight excluding hydrogens is 220 g/mol. The molecule has 0 radical (unpaired) electrons. The van der Waals surface area contributed by atoms with Crippen LogP contribution >= 0.6 is 0 Å². The fraction of sp³-hybridized carbons (Fsp3) is 0.875. The van der Waals surface area contributed by atoms with Crippen LogP contribution < -0.4 is 0 Å². The lowest BCUT2D eigenvalue weighted by Crippen LogP contribution is -1.91. The lowest BCUT2D eigenvalue weighted by molar-refractivity contribution is 0.557. The van der Waals surface area contributed by atoms with Crippen molar-refractivity contribution in [1.82, 2.24) is 0 Å². The minimum absolute atomic E-state index is 0.435. The highest BCUT2D eigenvalue weighted by atomic mass is 28.3. The van der Waals surface area contributed by atoms with Gasteiger partial charge < -0.3 is 0 Å². The Morgan fingerprint density at radius 1 is 0.706 bits per heavy atom. The molecule has 0 aliphatic carbocycles. The van der Waals surface area contributed by atoms with E-state index >= 15 is 0 Å². The molecule has 0 aromatic rings. The van der Waals surface area contributed by atoms with Crippen LogP contribution in [0.3, 0.4) is 0 Å². The minimum Gasteiger partial charge on any atom is -0.102 e. The third-order valence-electron chi connectivity index (χ3n) is 3.25. The fourth-order valence-electron chi connectivity index (χ4n) is 2.12. The van der Waals surface area contributed by atoms with Crippen LogP contribution in [0.25, 0.3) is 0 Å². The van der Waals surface area contributed by atoms with E-state index in [1.54, 1.807) is 0 Å². The van der Waals surface area contributed by atoms with Crippen molar-refractivity contribution >= 4 is 8.80 Å². The molecule has 0 atom stereocenters. The smallest absolute Gasteiger partial charge is 0.0549 e. The molecule has 0 saturated heterocycles. The van der Waals surface area contributed by atoms with E-state index < -0.39 is 8.80 Å². The maximum Gasteiger partial charge on any atom is 0.0549 e. The van der Waals surface area contributed by atoms with E-state index in [1.165, 1.54) is 70.6 Å². The zero-order chi connectivity index (χ0) is 12.8. The lowest BCUT2D eigenvalue weighted by atomic mass is 10.1. The molecule has 0 aromatic carbocycles. The largest absolute Gasteiger partial charge is 0.102 e. The van der Waals surface area contributed by atoms with E-state index in [1.807, 2.05) is 0 Å². The van der Waals surface area contributed by atoms with E-state index in [2.05, 4.69) is 31.8 Å². The summed E-state index contributed by atoms with van der Waals surface area (Å²) < 4.78 is 0. The van der Waals surface area contributed by atoms with Crippen LogP contribution in [0.2, 0.25) is 13.1 Å². The van der Waals surface area contributed by atoms with E-state index in [0.29, 0.717) is 0 Å². The molecule has 0 unspecified atom stereocenters. The highest BCUT2D eigenvalue weighted by Gasteiger charge is 1.92. The molecule has 0 rings (SSSR count). The van der Waals surface area contributed by atoms with Gasteiger partial charge in [-0.3, -0.25) is 0 Å². The predicted molar refractivity (Wildman–Crippen MR) is 84.5 cm³/mol. The molecule has 0 aliphatic rings. The molecule has 0 N–H and O–H groups in total. The zero-order valence-corrected chi connectivity index (χ0v) is 13.7. The number of unbranched alkanes of at least 4 members (excludes halogenated alkanes) is 10. The SMILES string of the molecule is CCCCCCCCCCCC/C=C/[SiH](C)C. The Morgan fingerprint density at radius 2 is 1.18 bits per heavy atom. The summed E-state index contributed by atoms with van der Waals surface area (Å²) in [6.07, 6.45) is 18.2. The molecular formula is C16H34Si. The Bertz CT molecular complexity index is 161. The summed E-state index contributed by atoms with van der Waals surface area (Å²) in [5.41, 5.74) is 2.47. The second-order valence-corrected chi connectivity index (χ2v) is 8.52. The van der Waals surface area contributed by atoms with Crippen molar-refractivity contribution in [3.05, 3.63) is 11.8 Å². The van der Waals surface area contributed by atoms with Crippen LogP contribution in [0.15, 0.2) is 11.8 Å². The number of rotatable bonds is 12. The molecule has 17 heavy (non-hydrogen) atoms. The van der Waals surface area contributed by atoms with Crippen LogP contribution in [0, 0.1) is 0 Å². The first-order valence-corrected chi connectivity index (χ1v) is 10.9. The van der Waals surface area contributed by atoms with Gasteiger partial charge in [0.25, 0.3) is 0 Å². The third kappa shape index (κ3) is 16.0. The van der Waals surface area contributed by atoms with Gasteiger partial charge >= 0.3 is 0 Å². The fourth-order valence-corrected chi connectivity index (χ4v) is 2.85. The molecule has 0 fully saturated rings. The molecule has 0 nitrogen and oxygen atoms in total. The van der Waals surface area contributed by atoms with Crippen molar-refractivity contribution in [3.63, 3.8) is 0 Å². The average Bonchev–Trinajstić information content (AvgIpc) is 2.30. The Morgan fingerprint density at radius 3 is 1.65 bits per heavy atom. The minimum atomic E-state index is -0.435. The maximum absolute atomic E-state index is 2.47. The van der Waals surface area contributed by atoms with Gasteiger partial charge in [-0.15, -0.1) is 5.70 Å². The van der Waals surface area contributed by atoms with Crippen LogP contribution in [0.1, 0.15) is 77.6 Å². The summed E-state index contributed by atoms with van der Waals surface area (Å²) >= 11 is 0. The maximum atomic E-state index is 2.47. The van der Waals surface area contributed by atoms with E-state index in [9.17, 15) is 0 Å². The molecule has 0 spiro atoms. The number of hydrogen-bond donors (Lipinski definition) is 0. The summed E-state index contributed by atoms with van der Waals surface area (Å²) in [7, 11) is -0.435. The molecule has 1 heteroatoms. The van der Waals surface area contributed by atoms with E-state index in [-0.39, 0.29) is 0 Å². The molecule has 0 heterocycles. The van der Waals surface area contributed by atoms with Gasteiger partial charge in [0.15, 0.2) is 0 Å². The summed E-state index contributed by atoms with van der Waals surface area (Å²) in [5, 5.41) is 0. The van der Waals surface area contributed by atoms with E-state index in [4.69, 9.17) is 0 Å². The molecule has 0 aliphatic heterocycles. The van der Waals surface area contributed by atoms with Gasteiger partial charge in [0.2, 0.25) is 0 Å². The zero-order valence-electron chi connectivity index (χ0n) is 12.5. The molecule has 0 aromatic heterocycles. The summed E-state index contributed by atoms with van der Waals surface area (Å²) in [6, 6.07) is 0. The number of allylic oxidation sites excluding steroid dienone is 1. The third-order valence-corrected chi connectivity index (χ3v) is 4.29. The van der Waals surface area contributed by atoms with Crippen molar-refractivity contribution in [2.45, 2.75) is 90.6 Å². The predicted octanol–water partition coefficient (Wildman–Crippen LogP) is 5.88. The van der Waals surface area contributed by atoms with E-state index in [0.717, 1.165) is 0 Å². The van der Waals surface area contributed by atoms with Crippen LogP contribution in [-0.2, 0) is 0 Å². The van der Waals surface area contributed by atoms with Crippen LogP contribution in [-0.4, -0.2) is 8.80 Å². The highest BCUT2D eigenvalue weighted by molar-refractivity contribution is 6.61. The van der Waals surface area contributed by atoms with Gasteiger partial charge in [-0.1, -0.05) is 83.9 Å². The van der Waals surface area contributed by atoms with Gasteiger partial charge in [-0.25, -0.2) is 0 Å². The molecule has 102 valence electrons. The first-order chi connectivity index (χ1) is 8.27. The Hall–Kier alpha value is -0.0431. The van der Waals surface area contributed by atoms with Crippen LogP contribution in [0.4, 0.5) is 0 Å². The van der Waals surface area contributed by atoms with Gasteiger partial charge in [-0.2, -0.15) is 0 Å². The molecule has 0 amide bonds. The summed E-state index contributed by atoms with van der Waals surface area (Å²) in [6.45, 7) is 7.06. The second-order valence-electron chi connectivity index (χ2n) is 5.64. The monoisotopic (exact) mass is 254 g/mol. The second kappa shape index (κ2) is 14.0. The first kappa shape index (κ1) is 17.0. The first-order valence-electron chi connectivity index (χ1n) is 7.94. The normalized spacial score (nSPS) is 11.8. The Labute approximate surface area is 112 Å². The Kier molecular flexibility index (Phi) is 14.0. The van der Waals surface area contributed by atoms with Gasteiger partial charge in [0, 0.05) is 0 Å². The van der Waals surface area contributed by atoms with Crippen molar-refractivity contribution < 1.29 is 0 Å². The quantitative estimate of drug-likeness (QED) is 0.301.